The first-order valence-electron chi connectivity index (χ1n) is 14.8. The van der Waals surface area contributed by atoms with Gasteiger partial charge in [0.05, 0.1) is 23.7 Å². The van der Waals surface area contributed by atoms with E-state index in [4.69, 9.17) is 0 Å². The van der Waals surface area contributed by atoms with Gasteiger partial charge in [-0.05, 0) is 83.6 Å². The Morgan fingerprint density at radius 1 is 0.809 bits per heavy atom. The SMILES string of the molecule is CCC(c1ccc(C(F)(F)F)cc1CN(Cc1cc(C(F)(F)F)cc(C(F)(F)F)c1)c1nnn(C)n1)N1CCCC1c1ccccc1. The molecule has 2 unspecified atom stereocenters. The summed E-state index contributed by atoms with van der Waals surface area (Å²) >= 11 is 0. The summed E-state index contributed by atoms with van der Waals surface area (Å²) in [7, 11) is 1.40. The average molecular weight is 671 g/mol. The molecule has 2 atom stereocenters. The molecule has 15 heteroatoms. The third-order valence-electron chi connectivity index (χ3n) is 8.26. The maximum Gasteiger partial charge on any atom is 0.416 e. The number of anilines is 1. The van der Waals surface area contributed by atoms with Gasteiger partial charge in [0.1, 0.15) is 0 Å². The van der Waals surface area contributed by atoms with E-state index in [0.717, 1.165) is 35.3 Å². The highest BCUT2D eigenvalue weighted by Crippen LogP contribution is 2.43. The van der Waals surface area contributed by atoms with E-state index in [1.165, 1.54) is 18.0 Å². The summed E-state index contributed by atoms with van der Waals surface area (Å²) in [5.74, 6) is -0.182. The lowest BCUT2D eigenvalue weighted by Gasteiger charge is -2.35. The molecule has 2 heterocycles. The van der Waals surface area contributed by atoms with Crippen molar-refractivity contribution in [2.24, 2.45) is 7.05 Å². The monoisotopic (exact) mass is 670 g/mol. The third-order valence-corrected chi connectivity index (χ3v) is 8.26. The van der Waals surface area contributed by atoms with Crippen LogP contribution in [0.15, 0.2) is 66.7 Å². The summed E-state index contributed by atoms with van der Waals surface area (Å²) < 4.78 is 124. The van der Waals surface area contributed by atoms with Gasteiger partial charge in [0.2, 0.25) is 0 Å². The Hall–Kier alpha value is -4.14. The van der Waals surface area contributed by atoms with Crippen LogP contribution in [0.1, 0.15) is 77.2 Å². The molecule has 4 aromatic rings. The van der Waals surface area contributed by atoms with Crippen molar-refractivity contribution >= 4 is 5.95 Å². The third kappa shape index (κ3) is 7.88. The molecule has 0 bridgehead atoms. The van der Waals surface area contributed by atoms with Crippen LogP contribution in [-0.4, -0.2) is 31.7 Å². The van der Waals surface area contributed by atoms with Crippen molar-refractivity contribution in [3.05, 3.63) is 106 Å². The van der Waals surface area contributed by atoms with E-state index in [0.29, 0.717) is 30.7 Å². The van der Waals surface area contributed by atoms with Gasteiger partial charge in [-0.25, -0.2) is 0 Å². The highest BCUT2D eigenvalue weighted by molar-refractivity contribution is 5.42. The number of aromatic nitrogens is 4. The van der Waals surface area contributed by atoms with Crippen LogP contribution in [0.5, 0.6) is 0 Å². The van der Waals surface area contributed by atoms with E-state index in [1.54, 1.807) is 0 Å². The van der Waals surface area contributed by atoms with Gasteiger partial charge in [0, 0.05) is 25.2 Å². The second kappa shape index (κ2) is 13.2. The molecular formula is C32H31F9N6. The summed E-state index contributed by atoms with van der Waals surface area (Å²) in [6.07, 6.45) is -12.7. The molecule has 0 amide bonds. The van der Waals surface area contributed by atoms with E-state index in [1.807, 2.05) is 37.3 Å². The summed E-state index contributed by atoms with van der Waals surface area (Å²) in [6, 6.07) is 13.9. The quantitative estimate of drug-likeness (QED) is 0.167. The molecule has 3 aromatic carbocycles. The molecule has 47 heavy (non-hydrogen) atoms. The number of hydrogen-bond acceptors (Lipinski definition) is 5. The van der Waals surface area contributed by atoms with Gasteiger partial charge in [0.25, 0.3) is 5.95 Å². The molecule has 0 radical (unpaired) electrons. The molecule has 1 aliphatic heterocycles. The molecule has 1 aromatic heterocycles. The van der Waals surface area contributed by atoms with E-state index in [2.05, 4.69) is 20.3 Å². The number of likely N-dealkylation sites (tertiary alicyclic amines) is 1. The maximum atomic E-state index is 14.0. The second-order valence-corrected chi connectivity index (χ2v) is 11.5. The zero-order valence-electron chi connectivity index (χ0n) is 25.3. The van der Waals surface area contributed by atoms with Crippen LogP contribution in [0.3, 0.4) is 0 Å². The highest BCUT2D eigenvalue weighted by atomic mass is 19.4. The van der Waals surface area contributed by atoms with Crippen LogP contribution in [0.25, 0.3) is 0 Å². The van der Waals surface area contributed by atoms with E-state index in [9.17, 15) is 39.5 Å². The molecule has 252 valence electrons. The fraction of sp³-hybridized carbons (Fsp3) is 0.406. The van der Waals surface area contributed by atoms with Crippen molar-refractivity contribution < 1.29 is 39.5 Å². The number of hydrogen-bond donors (Lipinski definition) is 0. The van der Waals surface area contributed by atoms with Crippen LogP contribution in [0.2, 0.25) is 0 Å². The lowest BCUT2D eigenvalue weighted by atomic mass is 9.93. The minimum atomic E-state index is -5.08. The average Bonchev–Trinajstić information content (AvgIpc) is 3.66. The van der Waals surface area contributed by atoms with Crippen molar-refractivity contribution in [1.29, 1.82) is 0 Å². The lowest BCUT2D eigenvalue weighted by Crippen LogP contribution is -2.31. The topological polar surface area (TPSA) is 50.1 Å². The summed E-state index contributed by atoms with van der Waals surface area (Å²) in [5.41, 5.74) is -2.56. The lowest BCUT2D eigenvalue weighted by molar-refractivity contribution is -0.143. The van der Waals surface area contributed by atoms with Crippen LogP contribution in [-0.2, 0) is 38.7 Å². The predicted octanol–water partition coefficient (Wildman–Crippen LogP) is 8.76. The molecule has 6 nitrogen and oxygen atoms in total. The Labute approximate surface area is 264 Å². The van der Waals surface area contributed by atoms with Gasteiger partial charge in [-0.3, -0.25) is 4.90 Å². The van der Waals surface area contributed by atoms with Crippen molar-refractivity contribution in [3.63, 3.8) is 0 Å². The van der Waals surface area contributed by atoms with Crippen LogP contribution in [0.4, 0.5) is 45.5 Å². The molecule has 0 saturated carbocycles. The van der Waals surface area contributed by atoms with Crippen molar-refractivity contribution in [3.8, 4) is 0 Å². The fourth-order valence-corrected chi connectivity index (χ4v) is 6.21. The van der Waals surface area contributed by atoms with Crippen LogP contribution >= 0.6 is 0 Å². The minimum absolute atomic E-state index is 0.0000461. The summed E-state index contributed by atoms with van der Waals surface area (Å²) in [5, 5.41) is 11.7. The van der Waals surface area contributed by atoms with Gasteiger partial charge in [-0.2, -0.15) is 44.3 Å². The number of aryl methyl sites for hydroxylation is 1. The fourth-order valence-electron chi connectivity index (χ4n) is 6.21. The molecule has 1 aliphatic rings. The standard InChI is InChI=1S/C32H31F9N6/c1-3-27(47-13-7-10-28(47)21-8-5-4-6-9-21)26-12-11-23(30(33,34)35)16-22(26)19-46(29-42-44-45(2)43-29)18-20-14-24(31(36,37)38)17-25(15-20)32(39,40)41/h4-6,8-9,11-12,14-17,27-28H,3,7,10,13,18-19H2,1-2H3. The van der Waals surface area contributed by atoms with Crippen molar-refractivity contribution in [2.45, 2.75) is 69.9 Å². The summed E-state index contributed by atoms with van der Waals surface area (Å²) in [6.45, 7) is 1.65. The second-order valence-electron chi connectivity index (χ2n) is 11.5. The first-order chi connectivity index (χ1) is 22.0. The Balaban J connectivity index is 1.60. The van der Waals surface area contributed by atoms with Gasteiger partial charge < -0.3 is 4.90 Å². The van der Waals surface area contributed by atoms with E-state index < -0.39 is 41.8 Å². The Morgan fingerprint density at radius 3 is 2.00 bits per heavy atom. The van der Waals surface area contributed by atoms with Crippen molar-refractivity contribution in [1.82, 2.24) is 25.1 Å². The Morgan fingerprint density at radius 2 is 1.45 bits per heavy atom. The number of halogens is 9. The van der Waals surface area contributed by atoms with Gasteiger partial charge >= 0.3 is 18.5 Å². The predicted molar refractivity (Wildman–Crippen MR) is 155 cm³/mol. The zero-order chi connectivity index (χ0) is 34.1. The number of alkyl halides is 9. The van der Waals surface area contributed by atoms with E-state index >= 15 is 0 Å². The van der Waals surface area contributed by atoms with E-state index in [-0.39, 0.29) is 41.8 Å². The molecule has 1 saturated heterocycles. The summed E-state index contributed by atoms with van der Waals surface area (Å²) in [4.78, 5) is 4.49. The number of benzene rings is 3. The number of nitrogens with zero attached hydrogens (tertiary/aromatic N) is 6. The number of tetrazole rings is 1. The zero-order valence-corrected chi connectivity index (χ0v) is 25.3. The van der Waals surface area contributed by atoms with Crippen LogP contribution < -0.4 is 4.90 Å². The first kappa shape index (κ1) is 34.2. The Kier molecular flexibility index (Phi) is 9.58. The maximum absolute atomic E-state index is 14.0. The largest absolute Gasteiger partial charge is 0.416 e. The minimum Gasteiger partial charge on any atom is -0.330 e. The number of rotatable bonds is 9. The van der Waals surface area contributed by atoms with Gasteiger partial charge in [0.15, 0.2) is 0 Å². The Bertz CT molecular complexity index is 1630. The smallest absolute Gasteiger partial charge is 0.330 e. The van der Waals surface area contributed by atoms with Gasteiger partial charge in [-0.15, -0.1) is 5.10 Å². The molecule has 5 rings (SSSR count). The highest BCUT2D eigenvalue weighted by Gasteiger charge is 2.38. The molecule has 0 spiro atoms. The normalized spacial score (nSPS) is 16.9. The molecule has 0 aliphatic carbocycles. The molecule has 1 fully saturated rings. The first-order valence-corrected chi connectivity index (χ1v) is 14.8. The molecule has 0 N–H and O–H groups in total. The van der Waals surface area contributed by atoms with Crippen molar-refractivity contribution in [2.75, 3.05) is 11.4 Å². The molecular weight excluding hydrogens is 639 g/mol. The van der Waals surface area contributed by atoms with Gasteiger partial charge in [-0.1, -0.05) is 48.4 Å². The van der Waals surface area contributed by atoms with Crippen LogP contribution in [0, 0.1) is 0 Å².